The lowest BCUT2D eigenvalue weighted by Gasteiger charge is -2.36. The Morgan fingerprint density at radius 2 is 1.76 bits per heavy atom. The van der Waals surface area contributed by atoms with Crippen LogP contribution in [-0.4, -0.2) is 59.7 Å². The summed E-state index contributed by atoms with van der Waals surface area (Å²) in [7, 11) is 0. The molecule has 2 heterocycles. The summed E-state index contributed by atoms with van der Waals surface area (Å²) in [5.41, 5.74) is 2.98. The Bertz CT molecular complexity index is 1080. The molecule has 7 nitrogen and oxygen atoms in total. The Hall–Kier alpha value is -3.61. The molecule has 1 unspecified atom stereocenters. The smallest absolute Gasteiger partial charge is 0.263 e. The van der Waals surface area contributed by atoms with Crippen molar-refractivity contribution in [2.75, 3.05) is 37.7 Å². The van der Waals surface area contributed by atoms with E-state index in [1.54, 1.807) is 6.33 Å². The molecule has 0 N–H and O–H groups in total. The minimum Gasteiger partial charge on any atom is -0.494 e. The fourth-order valence-electron chi connectivity index (χ4n) is 3.92. The molecule has 0 aliphatic carbocycles. The monoisotopic (exact) mass is 446 g/mol. The van der Waals surface area contributed by atoms with E-state index in [2.05, 4.69) is 14.9 Å². The number of amides is 1. The zero-order chi connectivity index (χ0) is 23.2. The molecule has 1 fully saturated rings. The van der Waals surface area contributed by atoms with Crippen LogP contribution in [-0.2, 0) is 4.79 Å². The summed E-state index contributed by atoms with van der Waals surface area (Å²) >= 11 is 0. The van der Waals surface area contributed by atoms with Gasteiger partial charge in [-0.1, -0.05) is 12.1 Å². The van der Waals surface area contributed by atoms with Crippen LogP contribution < -0.4 is 14.4 Å². The average molecular weight is 447 g/mol. The van der Waals surface area contributed by atoms with Gasteiger partial charge in [-0.05, 0) is 62.7 Å². The summed E-state index contributed by atoms with van der Waals surface area (Å²) in [6, 6.07) is 17.7. The fraction of sp³-hybridized carbons (Fsp3) is 0.346. The Morgan fingerprint density at radius 1 is 1.00 bits per heavy atom. The van der Waals surface area contributed by atoms with Crippen molar-refractivity contribution in [3.8, 4) is 22.8 Å². The molecular weight excluding hydrogens is 416 g/mol. The molecule has 1 aliphatic heterocycles. The number of aromatic nitrogens is 2. The van der Waals surface area contributed by atoms with E-state index in [1.807, 2.05) is 80.3 Å². The molecule has 172 valence electrons. The van der Waals surface area contributed by atoms with E-state index in [0.717, 1.165) is 34.1 Å². The number of anilines is 1. The van der Waals surface area contributed by atoms with E-state index >= 15 is 0 Å². The van der Waals surface area contributed by atoms with Gasteiger partial charge in [0, 0.05) is 37.8 Å². The van der Waals surface area contributed by atoms with Gasteiger partial charge in [0.15, 0.2) is 6.10 Å². The van der Waals surface area contributed by atoms with E-state index in [0.29, 0.717) is 32.8 Å². The highest BCUT2D eigenvalue weighted by molar-refractivity contribution is 5.81. The van der Waals surface area contributed by atoms with E-state index in [9.17, 15) is 4.79 Å². The van der Waals surface area contributed by atoms with E-state index in [1.165, 1.54) is 0 Å². The molecule has 4 rings (SSSR count). The Morgan fingerprint density at radius 3 is 2.45 bits per heavy atom. The number of aryl methyl sites for hydroxylation is 1. The lowest BCUT2D eigenvalue weighted by atomic mass is 10.1. The predicted octanol–water partition coefficient (Wildman–Crippen LogP) is 3.97. The summed E-state index contributed by atoms with van der Waals surface area (Å²) in [6.07, 6.45) is 1.07. The first-order valence-electron chi connectivity index (χ1n) is 11.4. The molecule has 1 saturated heterocycles. The summed E-state index contributed by atoms with van der Waals surface area (Å²) in [6.45, 7) is 9.10. The summed E-state index contributed by atoms with van der Waals surface area (Å²) in [5.74, 6) is 2.44. The van der Waals surface area contributed by atoms with Crippen LogP contribution in [0.2, 0.25) is 0 Å². The molecule has 0 bridgehead atoms. The minimum absolute atomic E-state index is 0.00826. The molecule has 0 spiro atoms. The van der Waals surface area contributed by atoms with Crippen molar-refractivity contribution in [1.82, 2.24) is 14.9 Å². The lowest BCUT2D eigenvalue weighted by molar-refractivity contribution is -0.138. The van der Waals surface area contributed by atoms with E-state index in [4.69, 9.17) is 9.47 Å². The van der Waals surface area contributed by atoms with Gasteiger partial charge in [-0.25, -0.2) is 9.97 Å². The second-order valence-electron chi connectivity index (χ2n) is 8.11. The van der Waals surface area contributed by atoms with Gasteiger partial charge < -0.3 is 19.3 Å². The van der Waals surface area contributed by atoms with Crippen LogP contribution in [0.5, 0.6) is 11.5 Å². The van der Waals surface area contributed by atoms with Crippen LogP contribution in [0, 0.1) is 6.92 Å². The molecule has 33 heavy (non-hydrogen) atoms. The van der Waals surface area contributed by atoms with Crippen LogP contribution in [0.15, 0.2) is 60.9 Å². The predicted molar refractivity (Wildman–Crippen MR) is 129 cm³/mol. The minimum atomic E-state index is -0.524. The first-order valence-corrected chi connectivity index (χ1v) is 11.4. The summed E-state index contributed by atoms with van der Waals surface area (Å²) < 4.78 is 11.4. The molecule has 1 aliphatic rings. The third-order valence-electron chi connectivity index (χ3n) is 5.68. The largest absolute Gasteiger partial charge is 0.494 e. The van der Waals surface area contributed by atoms with Crippen LogP contribution in [0.4, 0.5) is 5.82 Å². The fourth-order valence-corrected chi connectivity index (χ4v) is 3.92. The van der Waals surface area contributed by atoms with Crippen molar-refractivity contribution < 1.29 is 14.3 Å². The zero-order valence-corrected chi connectivity index (χ0v) is 19.4. The molecule has 0 saturated carbocycles. The van der Waals surface area contributed by atoms with Gasteiger partial charge in [-0.3, -0.25) is 4.79 Å². The molecule has 3 aromatic rings. The van der Waals surface area contributed by atoms with Gasteiger partial charge in [-0.2, -0.15) is 0 Å². The van der Waals surface area contributed by atoms with Gasteiger partial charge >= 0.3 is 0 Å². The Labute approximate surface area is 195 Å². The van der Waals surface area contributed by atoms with Gasteiger partial charge in [0.1, 0.15) is 23.6 Å². The van der Waals surface area contributed by atoms with E-state index in [-0.39, 0.29) is 5.91 Å². The molecule has 1 atom stereocenters. The maximum absolute atomic E-state index is 12.9. The van der Waals surface area contributed by atoms with Crippen LogP contribution in [0.25, 0.3) is 11.3 Å². The Kier molecular flexibility index (Phi) is 7.07. The number of ether oxygens (including phenoxy) is 2. The average Bonchev–Trinajstić information content (AvgIpc) is 2.84. The lowest BCUT2D eigenvalue weighted by Crippen LogP contribution is -2.52. The van der Waals surface area contributed by atoms with Crippen molar-refractivity contribution in [2.24, 2.45) is 0 Å². The molecule has 0 radical (unpaired) electrons. The first-order chi connectivity index (χ1) is 16.0. The maximum atomic E-state index is 12.9. The van der Waals surface area contributed by atoms with Gasteiger partial charge in [-0.15, -0.1) is 0 Å². The van der Waals surface area contributed by atoms with Gasteiger partial charge in [0.2, 0.25) is 0 Å². The number of nitrogens with zero attached hydrogens (tertiary/aromatic N) is 4. The standard InChI is InChI=1S/C26H30N4O3/c1-4-32-22-10-8-21(9-11-22)24-17-25(28-18-27-24)29-12-14-30(15-13-29)26(31)20(3)33-23-7-5-6-19(2)16-23/h5-11,16-18,20H,4,12-15H2,1-3H3. The van der Waals surface area contributed by atoms with Crippen molar-refractivity contribution in [3.63, 3.8) is 0 Å². The third-order valence-corrected chi connectivity index (χ3v) is 5.68. The number of carbonyl (C=O) groups is 1. The van der Waals surface area contributed by atoms with Crippen LogP contribution >= 0.6 is 0 Å². The summed E-state index contributed by atoms with van der Waals surface area (Å²) in [5, 5.41) is 0. The quantitative estimate of drug-likeness (QED) is 0.547. The van der Waals surface area contributed by atoms with Crippen molar-refractivity contribution >= 4 is 11.7 Å². The number of benzene rings is 2. The topological polar surface area (TPSA) is 67.8 Å². The van der Waals surface area contributed by atoms with Crippen molar-refractivity contribution in [2.45, 2.75) is 26.9 Å². The number of piperazine rings is 1. The number of hydrogen-bond donors (Lipinski definition) is 0. The number of hydrogen-bond acceptors (Lipinski definition) is 6. The zero-order valence-electron chi connectivity index (χ0n) is 19.4. The van der Waals surface area contributed by atoms with Gasteiger partial charge in [0.05, 0.1) is 12.3 Å². The van der Waals surface area contributed by atoms with Crippen LogP contribution in [0.1, 0.15) is 19.4 Å². The SMILES string of the molecule is CCOc1ccc(-c2cc(N3CCN(C(=O)C(C)Oc4cccc(C)c4)CC3)ncn2)cc1. The second-order valence-corrected chi connectivity index (χ2v) is 8.11. The second kappa shape index (κ2) is 10.3. The number of rotatable bonds is 7. The molecule has 1 aromatic heterocycles. The van der Waals surface area contributed by atoms with Crippen LogP contribution in [0.3, 0.4) is 0 Å². The highest BCUT2D eigenvalue weighted by Gasteiger charge is 2.26. The van der Waals surface area contributed by atoms with Crippen molar-refractivity contribution in [1.29, 1.82) is 0 Å². The molecule has 7 heteroatoms. The highest BCUT2D eigenvalue weighted by Crippen LogP contribution is 2.24. The maximum Gasteiger partial charge on any atom is 0.263 e. The van der Waals surface area contributed by atoms with E-state index < -0.39 is 6.10 Å². The van der Waals surface area contributed by atoms with Gasteiger partial charge in [0.25, 0.3) is 5.91 Å². The molecular formula is C26H30N4O3. The molecule has 1 amide bonds. The number of carbonyl (C=O) groups excluding carboxylic acids is 1. The van der Waals surface area contributed by atoms with Crippen molar-refractivity contribution in [3.05, 3.63) is 66.5 Å². The molecule has 2 aromatic carbocycles. The first kappa shape index (κ1) is 22.6. The third kappa shape index (κ3) is 5.61. The Balaban J connectivity index is 1.35. The normalized spacial score (nSPS) is 14.6. The summed E-state index contributed by atoms with van der Waals surface area (Å²) in [4.78, 5) is 25.8. The highest BCUT2D eigenvalue weighted by atomic mass is 16.5.